The van der Waals surface area contributed by atoms with Gasteiger partial charge in [0, 0.05) is 18.3 Å². The van der Waals surface area contributed by atoms with E-state index < -0.39 is 0 Å². The van der Waals surface area contributed by atoms with E-state index in [1.165, 1.54) is 0 Å². The number of nitrogens with one attached hydrogen (secondary N) is 1. The normalized spacial score (nSPS) is 13.7. The van der Waals surface area contributed by atoms with Crippen molar-refractivity contribution in [3.63, 3.8) is 0 Å². The predicted octanol–water partition coefficient (Wildman–Crippen LogP) is 3.18. The third-order valence-electron chi connectivity index (χ3n) is 2.81. The molecular weight excluding hydrogens is 224 g/mol. The Hall–Kier alpha value is -1.09. The van der Waals surface area contributed by atoms with Crippen LogP contribution in [-0.2, 0) is 0 Å². The Morgan fingerprint density at radius 3 is 2.50 bits per heavy atom. The van der Waals surface area contributed by atoms with E-state index in [-0.39, 0.29) is 11.6 Å². The van der Waals surface area contributed by atoms with Gasteiger partial charge in [0.2, 0.25) is 0 Å². The van der Waals surface area contributed by atoms with Gasteiger partial charge in [-0.1, -0.05) is 13.8 Å². The second-order valence-electron chi connectivity index (χ2n) is 6.12. The van der Waals surface area contributed by atoms with Crippen LogP contribution in [0.1, 0.15) is 40.3 Å². The van der Waals surface area contributed by atoms with Crippen molar-refractivity contribution in [1.82, 2.24) is 10.3 Å². The Bertz CT molecular complexity index is 369. The number of pyridine rings is 1. The van der Waals surface area contributed by atoms with E-state index >= 15 is 0 Å². The molecular formula is C15H26N2O. The van der Waals surface area contributed by atoms with Crippen molar-refractivity contribution in [1.29, 1.82) is 0 Å². The third kappa shape index (κ3) is 5.05. The van der Waals surface area contributed by atoms with Crippen LogP contribution in [0.3, 0.4) is 0 Å². The van der Waals surface area contributed by atoms with Crippen LogP contribution in [-0.4, -0.2) is 23.2 Å². The van der Waals surface area contributed by atoms with Gasteiger partial charge in [-0.15, -0.1) is 0 Å². The van der Waals surface area contributed by atoms with E-state index in [1.54, 1.807) is 6.20 Å². The molecule has 1 N–H and O–H groups in total. The zero-order valence-electron chi connectivity index (χ0n) is 12.4. The topological polar surface area (TPSA) is 34.1 Å². The summed E-state index contributed by atoms with van der Waals surface area (Å²) in [5, 5.41) is 3.50. The van der Waals surface area contributed by atoms with Crippen LogP contribution in [0.15, 0.2) is 18.3 Å². The molecule has 0 saturated heterocycles. The largest absolute Gasteiger partial charge is 0.487 e. The SMILES string of the molecule is Cc1ncccc1OC(CNC(C)(C)C)C(C)C. The number of aryl methyl sites for hydroxylation is 1. The first-order valence-corrected chi connectivity index (χ1v) is 6.63. The maximum Gasteiger partial charge on any atom is 0.140 e. The van der Waals surface area contributed by atoms with Crippen molar-refractivity contribution in [2.24, 2.45) is 5.92 Å². The second kappa shape index (κ2) is 6.19. The average Bonchev–Trinajstić information content (AvgIpc) is 2.24. The average molecular weight is 250 g/mol. The summed E-state index contributed by atoms with van der Waals surface area (Å²) in [6.45, 7) is 13.7. The molecule has 0 aliphatic heterocycles. The fourth-order valence-corrected chi connectivity index (χ4v) is 1.58. The first kappa shape index (κ1) is 15.0. The Morgan fingerprint density at radius 2 is 2.00 bits per heavy atom. The molecule has 0 fully saturated rings. The van der Waals surface area contributed by atoms with Gasteiger partial charge in [-0.25, -0.2) is 0 Å². The van der Waals surface area contributed by atoms with Crippen molar-refractivity contribution in [2.45, 2.75) is 53.2 Å². The Kier molecular flexibility index (Phi) is 5.15. The molecule has 102 valence electrons. The molecule has 18 heavy (non-hydrogen) atoms. The van der Waals surface area contributed by atoms with Gasteiger partial charge in [0.15, 0.2) is 0 Å². The number of rotatable bonds is 5. The summed E-state index contributed by atoms with van der Waals surface area (Å²) in [5.41, 5.74) is 1.06. The molecule has 0 spiro atoms. The summed E-state index contributed by atoms with van der Waals surface area (Å²) in [7, 11) is 0. The minimum atomic E-state index is 0.112. The third-order valence-corrected chi connectivity index (χ3v) is 2.81. The fourth-order valence-electron chi connectivity index (χ4n) is 1.58. The highest BCUT2D eigenvalue weighted by atomic mass is 16.5. The first-order valence-electron chi connectivity index (χ1n) is 6.63. The summed E-state index contributed by atoms with van der Waals surface area (Å²) in [6, 6.07) is 3.89. The highest BCUT2D eigenvalue weighted by molar-refractivity contribution is 5.25. The second-order valence-corrected chi connectivity index (χ2v) is 6.12. The number of hydrogen-bond donors (Lipinski definition) is 1. The molecule has 1 heterocycles. The van der Waals surface area contributed by atoms with Gasteiger partial charge in [0.1, 0.15) is 11.9 Å². The predicted molar refractivity (Wildman–Crippen MR) is 76.0 cm³/mol. The van der Waals surface area contributed by atoms with Crippen LogP contribution in [0.5, 0.6) is 5.75 Å². The Balaban J connectivity index is 2.67. The zero-order chi connectivity index (χ0) is 13.8. The Labute approximate surface area is 111 Å². The molecule has 1 unspecified atom stereocenters. The number of nitrogens with zero attached hydrogens (tertiary/aromatic N) is 1. The lowest BCUT2D eigenvalue weighted by Gasteiger charge is -2.28. The zero-order valence-corrected chi connectivity index (χ0v) is 12.4. The maximum atomic E-state index is 6.08. The van der Waals surface area contributed by atoms with Crippen molar-refractivity contribution >= 4 is 0 Å². The molecule has 1 aromatic heterocycles. The molecule has 0 bridgehead atoms. The van der Waals surface area contributed by atoms with E-state index in [9.17, 15) is 0 Å². The highest BCUT2D eigenvalue weighted by Gasteiger charge is 2.19. The number of aromatic nitrogens is 1. The minimum absolute atomic E-state index is 0.112. The minimum Gasteiger partial charge on any atom is -0.487 e. The summed E-state index contributed by atoms with van der Waals surface area (Å²) in [6.07, 6.45) is 1.95. The molecule has 1 atom stereocenters. The summed E-state index contributed by atoms with van der Waals surface area (Å²) >= 11 is 0. The molecule has 0 aromatic carbocycles. The molecule has 3 nitrogen and oxygen atoms in total. The quantitative estimate of drug-likeness (QED) is 0.871. The van der Waals surface area contributed by atoms with Crippen molar-refractivity contribution in [2.75, 3.05) is 6.54 Å². The standard InChI is InChI=1S/C15H26N2O/c1-11(2)14(10-17-15(4,5)6)18-13-8-7-9-16-12(13)3/h7-9,11,14,17H,10H2,1-6H3. The maximum absolute atomic E-state index is 6.08. The molecule has 0 aliphatic rings. The highest BCUT2D eigenvalue weighted by Crippen LogP contribution is 2.18. The summed E-state index contributed by atoms with van der Waals surface area (Å²) < 4.78 is 6.08. The number of ether oxygens (including phenoxy) is 1. The lowest BCUT2D eigenvalue weighted by molar-refractivity contribution is 0.138. The monoisotopic (exact) mass is 250 g/mol. The lowest BCUT2D eigenvalue weighted by atomic mass is 10.0. The fraction of sp³-hybridized carbons (Fsp3) is 0.667. The van der Waals surface area contributed by atoms with Gasteiger partial charge in [-0.3, -0.25) is 4.98 Å². The van der Waals surface area contributed by atoms with Crippen LogP contribution in [0.4, 0.5) is 0 Å². The molecule has 1 rings (SSSR count). The van der Waals surface area contributed by atoms with Crippen LogP contribution < -0.4 is 10.1 Å². The van der Waals surface area contributed by atoms with Crippen molar-refractivity contribution in [3.05, 3.63) is 24.0 Å². The van der Waals surface area contributed by atoms with Gasteiger partial charge >= 0.3 is 0 Å². The van der Waals surface area contributed by atoms with E-state index in [2.05, 4.69) is 44.9 Å². The molecule has 0 saturated carbocycles. The van der Waals surface area contributed by atoms with E-state index in [0.29, 0.717) is 5.92 Å². The van der Waals surface area contributed by atoms with E-state index in [4.69, 9.17) is 4.74 Å². The molecule has 0 amide bonds. The Morgan fingerprint density at radius 1 is 1.33 bits per heavy atom. The summed E-state index contributed by atoms with van der Waals surface area (Å²) in [5.74, 6) is 1.34. The van der Waals surface area contributed by atoms with Gasteiger partial charge in [0.25, 0.3) is 0 Å². The smallest absolute Gasteiger partial charge is 0.140 e. The lowest BCUT2D eigenvalue weighted by Crippen LogP contribution is -2.44. The van der Waals surface area contributed by atoms with Crippen molar-refractivity contribution in [3.8, 4) is 5.75 Å². The first-order chi connectivity index (χ1) is 8.29. The van der Waals surface area contributed by atoms with Crippen LogP contribution in [0.25, 0.3) is 0 Å². The van der Waals surface area contributed by atoms with Gasteiger partial charge < -0.3 is 10.1 Å². The van der Waals surface area contributed by atoms with E-state index in [1.807, 2.05) is 19.1 Å². The van der Waals surface area contributed by atoms with Crippen LogP contribution >= 0.6 is 0 Å². The number of hydrogen-bond acceptors (Lipinski definition) is 3. The summed E-state index contributed by atoms with van der Waals surface area (Å²) in [4.78, 5) is 4.25. The van der Waals surface area contributed by atoms with Crippen LogP contribution in [0, 0.1) is 12.8 Å². The molecule has 1 aromatic rings. The van der Waals surface area contributed by atoms with Gasteiger partial charge in [0.05, 0.1) is 5.69 Å². The van der Waals surface area contributed by atoms with Crippen molar-refractivity contribution < 1.29 is 4.74 Å². The van der Waals surface area contributed by atoms with E-state index in [0.717, 1.165) is 18.0 Å². The van der Waals surface area contributed by atoms with Crippen LogP contribution in [0.2, 0.25) is 0 Å². The molecule has 0 aliphatic carbocycles. The van der Waals surface area contributed by atoms with Gasteiger partial charge in [-0.05, 0) is 45.7 Å². The van der Waals surface area contributed by atoms with Gasteiger partial charge in [-0.2, -0.15) is 0 Å². The molecule has 0 radical (unpaired) electrons. The molecule has 3 heteroatoms.